The van der Waals surface area contributed by atoms with Crippen LogP contribution in [0.1, 0.15) is 33.2 Å². The predicted octanol–water partition coefficient (Wildman–Crippen LogP) is 4.85. The number of rotatable bonds is 5. The highest BCUT2D eigenvalue weighted by molar-refractivity contribution is 5.90. The van der Waals surface area contributed by atoms with E-state index in [0.29, 0.717) is 5.56 Å². The summed E-state index contributed by atoms with van der Waals surface area (Å²) in [7, 11) is 0. The average Bonchev–Trinajstić information content (AvgIpc) is 2.67. The number of hydrogen-bond acceptors (Lipinski definition) is 4. The second-order valence-corrected chi connectivity index (χ2v) is 5.87. The van der Waals surface area contributed by atoms with Crippen molar-refractivity contribution in [3.63, 3.8) is 0 Å². The van der Waals surface area contributed by atoms with Gasteiger partial charge in [0.25, 0.3) is 5.69 Å². The molecule has 3 aromatic carbocycles. The Hall–Kier alpha value is -3.47. The molecule has 0 radical (unpaired) electrons. The number of carbonyl (C=O) groups is 1. The molecule has 0 saturated heterocycles. The van der Waals surface area contributed by atoms with Gasteiger partial charge in [-0.25, -0.2) is 4.79 Å². The first kappa shape index (κ1) is 17.4. The number of esters is 1. The molecule has 0 aromatic heterocycles. The molecule has 0 aliphatic rings. The minimum absolute atomic E-state index is 0.101. The van der Waals surface area contributed by atoms with Gasteiger partial charge in [-0.05, 0) is 24.1 Å². The highest BCUT2D eigenvalue weighted by Crippen LogP contribution is 2.28. The van der Waals surface area contributed by atoms with Crippen molar-refractivity contribution >= 4 is 11.7 Å². The van der Waals surface area contributed by atoms with Crippen LogP contribution in [0.5, 0.6) is 0 Å². The lowest BCUT2D eigenvalue weighted by atomic mass is 10.0. The topological polar surface area (TPSA) is 69.4 Å². The monoisotopic (exact) mass is 347 g/mol. The van der Waals surface area contributed by atoms with Crippen LogP contribution in [0.15, 0.2) is 78.9 Å². The molecule has 0 heterocycles. The summed E-state index contributed by atoms with van der Waals surface area (Å²) in [5.74, 6) is -0.606. The highest BCUT2D eigenvalue weighted by Gasteiger charge is 2.22. The molecule has 0 atom stereocenters. The molecular weight excluding hydrogens is 330 g/mol. The Balaban J connectivity index is 1.94. The van der Waals surface area contributed by atoms with Crippen LogP contribution in [0.25, 0.3) is 0 Å². The van der Waals surface area contributed by atoms with Crippen molar-refractivity contribution < 1.29 is 14.5 Å². The first-order chi connectivity index (χ1) is 12.6. The van der Waals surface area contributed by atoms with E-state index in [2.05, 4.69) is 0 Å². The van der Waals surface area contributed by atoms with Crippen molar-refractivity contribution in [2.45, 2.75) is 13.0 Å². The second-order valence-electron chi connectivity index (χ2n) is 5.87. The fourth-order valence-corrected chi connectivity index (χ4v) is 2.69. The molecule has 26 heavy (non-hydrogen) atoms. The fourth-order valence-electron chi connectivity index (χ4n) is 2.69. The van der Waals surface area contributed by atoms with Crippen LogP contribution in [0.3, 0.4) is 0 Å². The number of ether oxygens (including phenoxy) is 1. The van der Waals surface area contributed by atoms with Gasteiger partial charge >= 0.3 is 5.97 Å². The standard InChI is InChI=1S/C21H17NO4/c1-15-12-13-18(14-19(15)22(24)25)21(23)26-20(16-8-4-2-5-9-16)17-10-6-3-7-11-17/h2-14,20H,1H3. The highest BCUT2D eigenvalue weighted by atomic mass is 16.6. The maximum atomic E-state index is 12.6. The van der Waals surface area contributed by atoms with Crippen LogP contribution in [0.2, 0.25) is 0 Å². The summed E-state index contributed by atoms with van der Waals surface area (Å²) in [6.45, 7) is 1.63. The van der Waals surface area contributed by atoms with Crippen LogP contribution in [0.4, 0.5) is 5.69 Å². The lowest BCUT2D eigenvalue weighted by molar-refractivity contribution is -0.385. The molecule has 5 nitrogen and oxygen atoms in total. The van der Waals surface area contributed by atoms with E-state index in [1.807, 2.05) is 60.7 Å². The van der Waals surface area contributed by atoms with Gasteiger partial charge in [-0.1, -0.05) is 66.7 Å². The van der Waals surface area contributed by atoms with Gasteiger partial charge in [0.15, 0.2) is 6.10 Å². The largest absolute Gasteiger partial charge is 0.449 e. The zero-order valence-corrected chi connectivity index (χ0v) is 14.2. The summed E-state index contributed by atoms with van der Waals surface area (Å²) in [6, 6.07) is 23.1. The van der Waals surface area contributed by atoms with E-state index in [9.17, 15) is 14.9 Å². The van der Waals surface area contributed by atoms with E-state index in [1.165, 1.54) is 12.1 Å². The molecule has 130 valence electrons. The first-order valence-corrected chi connectivity index (χ1v) is 8.12. The van der Waals surface area contributed by atoms with Gasteiger partial charge in [0.2, 0.25) is 0 Å². The molecule has 0 fully saturated rings. The third-order valence-corrected chi connectivity index (χ3v) is 4.07. The Kier molecular flexibility index (Phi) is 5.08. The Bertz CT molecular complexity index is 884. The molecule has 0 unspecified atom stereocenters. The van der Waals surface area contributed by atoms with Gasteiger partial charge in [-0.2, -0.15) is 0 Å². The fraction of sp³-hybridized carbons (Fsp3) is 0.0952. The molecule has 0 N–H and O–H groups in total. The Morgan fingerprint density at radius 2 is 1.46 bits per heavy atom. The summed E-state index contributed by atoms with van der Waals surface area (Å²) in [4.78, 5) is 23.3. The molecule has 3 aromatic rings. The van der Waals surface area contributed by atoms with Gasteiger partial charge in [0, 0.05) is 11.6 Å². The lowest BCUT2D eigenvalue weighted by Gasteiger charge is -2.19. The lowest BCUT2D eigenvalue weighted by Crippen LogP contribution is -2.13. The number of nitro groups is 1. The smallest absolute Gasteiger partial charge is 0.339 e. The maximum absolute atomic E-state index is 12.6. The van der Waals surface area contributed by atoms with Crippen molar-refractivity contribution in [3.8, 4) is 0 Å². The molecule has 0 bridgehead atoms. The normalized spacial score (nSPS) is 10.5. The van der Waals surface area contributed by atoms with E-state index >= 15 is 0 Å². The van der Waals surface area contributed by atoms with E-state index in [4.69, 9.17) is 4.74 Å². The van der Waals surface area contributed by atoms with Crippen molar-refractivity contribution in [1.82, 2.24) is 0 Å². The summed E-state index contributed by atoms with van der Waals surface area (Å²) in [6.07, 6.45) is -0.592. The maximum Gasteiger partial charge on any atom is 0.339 e. The van der Waals surface area contributed by atoms with Crippen LogP contribution in [0, 0.1) is 17.0 Å². The molecule has 5 heteroatoms. The number of hydrogen-bond donors (Lipinski definition) is 0. The molecule has 0 saturated carbocycles. The number of nitrogens with zero attached hydrogens (tertiary/aromatic N) is 1. The van der Waals surface area contributed by atoms with Gasteiger partial charge in [-0.3, -0.25) is 10.1 Å². The Morgan fingerprint density at radius 1 is 0.923 bits per heavy atom. The van der Waals surface area contributed by atoms with Crippen LogP contribution >= 0.6 is 0 Å². The Labute approximate surface area is 151 Å². The van der Waals surface area contributed by atoms with Crippen LogP contribution < -0.4 is 0 Å². The van der Waals surface area contributed by atoms with E-state index < -0.39 is 17.0 Å². The predicted molar refractivity (Wildman–Crippen MR) is 98.0 cm³/mol. The summed E-state index contributed by atoms with van der Waals surface area (Å²) >= 11 is 0. The van der Waals surface area contributed by atoms with E-state index in [1.54, 1.807) is 13.0 Å². The summed E-state index contributed by atoms with van der Waals surface area (Å²) < 4.78 is 5.72. The number of carbonyl (C=O) groups excluding carboxylic acids is 1. The third kappa shape index (κ3) is 3.78. The third-order valence-electron chi connectivity index (χ3n) is 4.07. The van der Waals surface area contributed by atoms with Crippen LogP contribution in [-0.2, 0) is 4.74 Å². The van der Waals surface area contributed by atoms with Gasteiger partial charge in [0.05, 0.1) is 10.5 Å². The quantitative estimate of drug-likeness (QED) is 0.376. The molecule has 3 rings (SSSR count). The summed E-state index contributed by atoms with van der Waals surface area (Å²) in [5, 5.41) is 11.1. The number of aryl methyl sites for hydroxylation is 1. The minimum atomic E-state index is -0.606. The summed E-state index contributed by atoms with van der Waals surface area (Å²) in [5.41, 5.74) is 2.20. The molecule has 0 spiro atoms. The van der Waals surface area contributed by atoms with Gasteiger partial charge in [0.1, 0.15) is 0 Å². The van der Waals surface area contributed by atoms with Crippen molar-refractivity contribution in [3.05, 3.63) is 111 Å². The molecule has 0 aliphatic carbocycles. The first-order valence-electron chi connectivity index (χ1n) is 8.12. The Morgan fingerprint density at radius 3 is 1.96 bits per heavy atom. The average molecular weight is 347 g/mol. The van der Waals surface area contributed by atoms with Crippen molar-refractivity contribution in [2.24, 2.45) is 0 Å². The van der Waals surface area contributed by atoms with Gasteiger partial charge in [-0.15, -0.1) is 0 Å². The number of benzene rings is 3. The molecule has 0 amide bonds. The van der Waals surface area contributed by atoms with Gasteiger partial charge < -0.3 is 4.74 Å². The van der Waals surface area contributed by atoms with E-state index in [0.717, 1.165) is 11.1 Å². The molecule has 0 aliphatic heterocycles. The zero-order valence-electron chi connectivity index (χ0n) is 14.2. The SMILES string of the molecule is Cc1ccc(C(=O)OC(c2ccccc2)c2ccccc2)cc1[N+](=O)[O-]. The second kappa shape index (κ2) is 7.61. The van der Waals surface area contributed by atoms with Crippen molar-refractivity contribution in [2.75, 3.05) is 0 Å². The molecular formula is C21H17NO4. The number of nitro benzene ring substituents is 1. The van der Waals surface area contributed by atoms with E-state index in [-0.39, 0.29) is 11.3 Å². The van der Waals surface area contributed by atoms with Crippen molar-refractivity contribution in [1.29, 1.82) is 0 Å². The zero-order chi connectivity index (χ0) is 18.5. The minimum Gasteiger partial charge on any atom is -0.449 e. The van der Waals surface area contributed by atoms with Crippen LogP contribution in [-0.4, -0.2) is 10.9 Å².